The fourth-order valence-corrected chi connectivity index (χ4v) is 9.89. The van der Waals surface area contributed by atoms with Gasteiger partial charge in [0.05, 0.1) is 55.7 Å². The van der Waals surface area contributed by atoms with Crippen molar-refractivity contribution in [1.82, 2.24) is 30.6 Å². The summed E-state index contributed by atoms with van der Waals surface area (Å²) in [7, 11) is 0. The predicted octanol–water partition coefficient (Wildman–Crippen LogP) is 5.55. The van der Waals surface area contributed by atoms with Gasteiger partial charge in [-0.25, -0.2) is 19.9 Å². The molecule has 4 aromatic rings. The molecule has 2 aromatic heterocycles. The molecule has 8 rings (SSSR count). The third-order valence-corrected chi connectivity index (χ3v) is 13.6. The largest absolute Gasteiger partial charge is 0.355 e. The quantitative estimate of drug-likeness (QED) is 0.280. The van der Waals surface area contributed by atoms with Gasteiger partial charge in [0.1, 0.15) is 0 Å². The fourth-order valence-electron chi connectivity index (χ4n) is 9.89. The molecule has 2 fully saturated rings. The van der Waals surface area contributed by atoms with Gasteiger partial charge in [0.15, 0.2) is 0 Å². The molecule has 2 saturated carbocycles. The SMILES string of the molecule is CC1(C)[C@]2(C)CC[C@@]1(C(=O)NCCCNC(=O)[C@]13CC[C@](C)(c4nc5ccccc5nc41)C3(C)C)c1nc3ccccc3nc12. The van der Waals surface area contributed by atoms with Crippen LogP contribution < -0.4 is 10.6 Å². The fraction of sp³-hybridized carbons (Fsp3) is 0.514. The second-order valence-electron chi connectivity index (χ2n) is 15.4. The molecular weight excluding hydrogens is 560 g/mol. The monoisotopic (exact) mass is 602 g/mol. The highest BCUT2D eigenvalue weighted by Crippen LogP contribution is 2.71. The Hall–Kier alpha value is -3.94. The molecule has 4 aliphatic rings. The van der Waals surface area contributed by atoms with E-state index in [1.54, 1.807) is 0 Å². The molecule has 2 aromatic carbocycles. The van der Waals surface area contributed by atoms with Crippen molar-refractivity contribution >= 4 is 33.9 Å². The van der Waals surface area contributed by atoms with Gasteiger partial charge < -0.3 is 10.6 Å². The molecule has 0 saturated heterocycles. The molecule has 0 aliphatic heterocycles. The zero-order chi connectivity index (χ0) is 31.6. The maximum atomic E-state index is 14.2. The Morgan fingerprint density at radius 2 is 0.889 bits per heavy atom. The Morgan fingerprint density at radius 3 is 1.24 bits per heavy atom. The van der Waals surface area contributed by atoms with Gasteiger partial charge in [0.25, 0.3) is 0 Å². The van der Waals surface area contributed by atoms with Gasteiger partial charge in [-0.1, -0.05) is 65.8 Å². The highest BCUT2D eigenvalue weighted by Gasteiger charge is 2.74. The third-order valence-electron chi connectivity index (χ3n) is 13.6. The van der Waals surface area contributed by atoms with Gasteiger partial charge >= 0.3 is 0 Å². The van der Waals surface area contributed by atoms with Crippen LogP contribution >= 0.6 is 0 Å². The molecule has 4 bridgehead atoms. The number of benzene rings is 2. The average molecular weight is 603 g/mol. The summed E-state index contributed by atoms with van der Waals surface area (Å²) in [6.45, 7) is 14.3. The van der Waals surface area contributed by atoms with Crippen LogP contribution in [0.3, 0.4) is 0 Å². The van der Waals surface area contributed by atoms with E-state index in [4.69, 9.17) is 19.9 Å². The molecule has 45 heavy (non-hydrogen) atoms. The zero-order valence-electron chi connectivity index (χ0n) is 27.2. The van der Waals surface area contributed by atoms with Crippen LogP contribution in [0.2, 0.25) is 0 Å². The van der Waals surface area contributed by atoms with Crippen molar-refractivity contribution in [2.45, 2.75) is 95.3 Å². The second-order valence-corrected chi connectivity index (χ2v) is 15.4. The molecule has 232 valence electrons. The molecule has 0 unspecified atom stereocenters. The van der Waals surface area contributed by atoms with E-state index in [1.807, 2.05) is 48.5 Å². The Balaban J connectivity index is 0.997. The van der Waals surface area contributed by atoms with E-state index >= 15 is 0 Å². The minimum Gasteiger partial charge on any atom is -0.355 e. The molecule has 4 atom stereocenters. The molecule has 8 nitrogen and oxygen atoms in total. The summed E-state index contributed by atoms with van der Waals surface area (Å²) >= 11 is 0. The van der Waals surface area contributed by atoms with Crippen LogP contribution in [0.4, 0.5) is 0 Å². The standard InChI is InChI=1S/C37H42N6O2/c1-32(2)34(5)16-18-36(32,28-26(34)40-22-12-7-9-14-24(22)42-28)30(44)38-20-11-21-39-31(45)37-19-17-35(6,33(37,3)4)27-29(37)43-25-15-10-8-13-23(25)41-27/h7-10,12-15H,11,16-21H2,1-6H3,(H,38,44)(H,39,45)/t34-,35-,36+,37+/m1/s1. The lowest BCUT2D eigenvalue weighted by molar-refractivity contribution is -0.130. The number of hydrogen-bond acceptors (Lipinski definition) is 6. The summed E-state index contributed by atoms with van der Waals surface area (Å²) in [5.41, 5.74) is 4.44. The van der Waals surface area contributed by atoms with E-state index in [0.717, 1.165) is 70.5 Å². The number of para-hydroxylation sites is 4. The van der Waals surface area contributed by atoms with Crippen molar-refractivity contribution in [2.75, 3.05) is 13.1 Å². The summed E-state index contributed by atoms with van der Waals surface area (Å²) in [4.78, 5) is 48.6. The van der Waals surface area contributed by atoms with E-state index in [1.165, 1.54) is 0 Å². The maximum Gasteiger partial charge on any atom is 0.232 e. The van der Waals surface area contributed by atoms with Gasteiger partial charge in [-0.3, -0.25) is 9.59 Å². The van der Waals surface area contributed by atoms with Crippen molar-refractivity contribution in [1.29, 1.82) is 0 Å². The first-order chi connectivity index (χ1) is 21.3. The topological polar surface area (TPSA) is 110 Å². The Labute approximate surface area is 264 Å². The van der Waals surface area contributed by atoms with Gasteiger partial charge in [0, 0.05) is 23.9 Å². The van der Waals surface area contributed by atoms with Crippen molar-refractivity contribution in [3.8, 4) is 0 Å². The number of carbonyl (C=O) groups excluding carboxylic acids is 2. The van der Waals surface area contributed by atoms with Gasteiger partial charge in [0.2, 0.25) is 11.8 Å². The highest BCUT2D eigenvalue weighted by atomic mass is 16.2. The smallest absolute Gasteiger partial charge is 0.232 e. The summed E-state index contributed by atoms with van der Waals surface area (Å²) in [6.07, 6.45) is 3.95. The van der Waals surface area contributed by atoms with Gasteiger partial charge in [-0.2, -0.15) is 0 Å². The molecule has 0 spiro atoms. The van der Waals surface area contributed by atoms with Crippen LogP contribution in [0, 0.1) is 10.8 Å². The van der Waals surface area contributed by atoms with Crippen LogP contribution in [-0.2, 0) is 31.2 Å². The maximum absolute atomic E-state index is 14.2. The molecule has 2 N–H and O–H groups in total. The lowest BCUT2D eigenvalue weighted by atomic mass is 9.63. The molecule has 2 heterocycles. The van der Waals surface area contributed by atoms with Gasteiger partial charge in [-0.05, 0) is 67.2 Å². The van der Waals surface area contributed by atoms with Crippen LogP contribution in [0.1, 0.15) is 96.4 Å². The Bertz CT molecular complexity index is 1810. The lowest BCUT2D eigenvalue weighted by Crippen LogP contribution is -2.52. The van der Waals surface area contributed by atoms with Gasteiger partial charge in [-0.15, -0.1) is 0 Å². The van der Waals surface area contributed by atoms with Crippen LogP contribution in [0.5, 0.6) is 0 Å². The second kappa shape index (κ2) is 8.86. The van der Waals surface area contributed by atoms with E-state index in [-0.39, 0.29) is 33.5 Å². The van der Waals surface area contributed by atoms with Crippen LogP contribution in [-0.4, -0.2) is 44.8 Å². The third kappa shape index (κ3) is 3.13. The average Bonchev–Trinajstić information content (AvgIpc) is 3.49. The minimum atomic E-state index is -0.732. The predicted molar refractivity (Wildman–Crippen MR) is 174 cm³/mol. The number of nitrogens with one attached hydrogen (secondary N) is 2. The first-order valence-corrected chi connectivity index (χ1v) is 16.5. The number of fused-ring (bicyclic) bond motifs is 12. The van der Waals surface area contributed by atoms with Crippen LogP contribution in [0.25, 0.3) is 22.1 Å². The molecule has 4 aliphatic carbocycles. The number of aromatic nitrogens is 4. The summed E-state index contributed by atoms with van der Waals surface area (Å²) in [5, 5.41) is 6.52. The zero-order valence-corrected chi connectivity index (χ0v) is 27.2. The molecule has 8 heteroatoms. The van der Waals surface area contributed by atoms with Crippen molar-refractivity contribution in [2.24, 2.45) is 10.8 Å². The Morgan fingerprint density at radius 1 is 0.556 bits per heavy atom. The Kier molecular flexibility index (Phi) is 5.62. The van der Waals surface area contributed by atoms with E-state index in [0.29, 0.717) is 19.5 Å². The number of nitrogens with zero attached hydrogens (tertiary/aromatic N) is 4. The summed E-state index contributed by atoms with van der Waals surface area (Å²) < 4.78 is 0. The van der Waals surface area contributed by atoms with Crippen molar-refractivity contribution < 1.29 is 9.59 Å². The summed E-state index contributed by atoms with van der Waals surface area (Å²) in [5.74, 6) is 0.0353. The van der Waals surface area contributed by atoms with Crippen molar-refractivity contribution in [3.05, 3.63) is 71.3 Å². The number of carbonyl (C=O) groups is 2. The van der Waals surface area contributed by atoms with Crippen LogP contribution in [0.15, 0.2) is 48.5 Å². The minimum absolute atomic E-state index is 0.0176. The van der Waals surface area contributed by atoms with Crippen molar-refractivity contribution in [3.63, 3.8) is 0 Å². The van der Waals surface area contributed by atoms with E-state index < -0.39 is 10.8 Å². The first kappa shape index (κ1) is 28.5. The first-order valence-electron chi connectivity index (χ1n) is 16.5. The number of hydrogen-bond donors (Lipinski definition) is 2. The molecule has 2 amide bonds. The lowest BCUT2D eigenvalue weighted by Gasteiger charge is -2.39. The summed E-state index contributed by atoms with van der Waals surface area (Å²) in [6, 6.07) is 15.9. The van der Waals surface area contributed by atoms with E-state index in [9.17, 15) is 9.59 Å². The number of amides is 2. The highest BCUT2D eigenvalue weighted by molar-refractivity contribution is 5.94. The number of rotatable bonds is 6. The normalized spacial score (nSPS) is 31.2. The molecule has 0 radical (unpaired) electrons. The molecular formula is C37H42N6O2. The van der Waals surface area contributed by atoms with E-state index in [2.05, 4.69) is 52.2 Å².